The quantitative estimate of drug-likeness (QED) is 0.703. The third-order valence-electron chi connectivity index (χ3n) is 3.30. The average Bonchev–Trinajstić information content (AvgIpc) is 2.37. The number of nitrogens with two attached hydrogens (primary N) is 1. The van der Waals surface area contributed by atoms with Crippen LogP contribution in [-0.4, -0.2) is 79.1 Å². The molecule has 2 amide bonds. The summed E-state index contributed by atoms with van der Waals surface area (Å²) in [5.41, 5.74) is 5.16. The summed E-state index contributed by atoms with van der Waals surface area (Å²) in [6.45, 7) is 4.65. The molecule has 0 radical (unpaired) electrons. The molecule has 20 heavy (non-hydrogen) atoms. The van der Waals surface area contributed by atoms with Crippen molar-refractivity contribution in [2.24, 2.45) is 5.73 Å². The van der Waals surface area contributed by atoms with Crippen molar-refractivity contribution in [2.45, 2.75) is 24.7 Å². The van der Waals surface area contributed by atoms with Crippen molar-refractivity contribution in [3.63, 3.8) is 0 Å². The van der Waals surface area contributed by atoms with Crippen LogP contribution in [0.15, 0.2) is 0 Å². The van der Waals surface area contributed by atoms with Gasteiger partial charge < -0.3 is 15.4 Å². The maximum absolute atomic E-state index is 12.1. The summed E-state index contributed by atoms with van der Waals surface area (Å²) in [6.07, 6.45) is 2.52. The molecule has 1 rings (SSSR count). The van der Waals surface area contributed by atoms with Gasteiger partial charge in [0.1, 0.15) is 0 Å². The Labute approximate surface area is 125 Å². The van der Waals surface area contributed by atoms with Crippen LogP contribution >= 0.6 is 11.8 Å². The zero-order valence-electron chi connectivity index (χ0n) is 12.5. The molecular weight excluding hydrogens is 278 g/mol. The number of primary amides is 1. The van der Waals surface area contributed by atoms with Crippen LogP contribution in [-0.2, 0) is 14.3 Å². The molecule has 6 nitrogen and oxygen atoms in total. The largest absolute Gasteiger partial charge is 0.373 e. The fraction of sp³-hybridized carbons (Fsp3) is 0.846. The van der Waals surface area contributed by atoms with Crippen LogP contribution in [0.25, 0.3) is 0 Å². The number of likely N-dealkylation sites (N-methyl/N-ethyl adjacent to an activating group) is 1. The van der Waals surface area contributed by atoms with Gasteiger partial charge in [-0.15, -0.1) is 0 Å². The predicted molar refractivity (Wildman–Crippen MR) is 80.6 cm³/mol. The Bertz CT molecular complexity index is 341. The second kappa shape index (κ2) is 8.49. The Morgan fingerprint density at radius 2 is 2.25 bits per heavy atom. The van der Waals surface area contributed by atoms with Crippen molar-refractivity contribution in [2.75, 3.05) is 46.1 Å². The lowest BCUT2D eigenvalue weighted by Gasteiger charge is -2.35. The second-order valence-electron chi connectivity index (χ2n) is 5.25. The number of carbonyl (C=O) groups excluding carboxylic acids is 2. The van der Waals surface area contributed by atoms with Gasteiger partial charge in [-0.1, -0.05) is 6.92 Å². The number of thioether (sulfide) groups is 1. The van der Waals surface area contributed by atoms with E-state index in [0.29, 0.717) is 37.9 Å². The van der Waals surface area contributed by atoms with E-state index < -0.39 is 0 Å². The van der Waals surface area contributed by atoms with Gasteiger partial charge in [0.2, 0.25) is 11.8 Å². The van der Waals surface area contributed by atoms with Gasteiger partial charge in [-0.2, -0.15) is 11.8 Å². The molecule has 0 spiro atoms. The molecule has 0 aliphatic carbocycles. The third kappa shape index (κ3) is 6.11. The van der Waals surface area contributed by atoms with E-state index in [2.05, 4.69) is 6.92 Å². The number of nitrogens with zero attached hydrogens (tertiary/aromatic N) is 2. The Morgan fingerprint density at radius 3 is 2.85 bits per heavy atom. The first-order valence-corrected chi connectivity index (χ1v) is 8.10. The number of hydrogen-bond acceptors (Lipinski definition) is 5. The minimum atomic E-state index is -0.356. The lowest BCUT2D eigenvalue weighted by Crippen LogP contribution is -2.50. The van der Waals surface area contributed by atoms with Gasteiger partial charge >= 0.3 is 0 Å². The molecule has 1 aliphatic rings. The summed E-state index contributed by atoms with van der Waals surface area (Å²) in [6, 6.07) is 0. The van der Waals surface area contributed by atoms with Gasteiger partial charge in [0.05, 0.1) is 19.3 Å². The summed E-state index contributed by atoms with van der Waals surface area (Å²) >= 11 is 1.70. The molecule has 0 unspecified atom stereocenters. The highest BCUT2D eigenvalue weighted by Crippen LogP contribution is 2.14. The molecule has 2 atom stereocenters. The zero-order chi connectivity index (χ0) is 15.1. The third-order valence-corrected chi connectivity index (χ3v) is 4.27. The van der Waals surface area contributed by atoms with E-state index in [0.717, 1.165) is 0 Å². The number of rotatable bonds is 7. The number of ether oxygens (including phenoxy) is 1. The van der Waals surface area contributed by atoms with Crippen molar-refractivity contribution >= 4 is 23.6 Å². The van der Waals surface area contributed by atoms with Crippen molar-refractivity contribution in [1.82, 2.24) is 9.80 Å². The van der Waals surface area contributed by atoms with Crippen molar-refractivity contribution in [3.05, 3.63) is 0 Å². The highest BCUT2D eigenvalue weighted by Gasteiger charge is 2.25. The first kappa shape index (κ1) is 17.3. The molecule has 2 N–H and O–H groups in total. The minimum absolute atomic E-state index is 0.0540. The summed E-state index contributed by atoms with van der Waals surface area (Å²) in [5, 5.41) is 0.335. The van der Waals surface area contributed by atoms with E-state index in [1.165, 1.54) is 0 Å². The molecule has 0 saturated carbocycles. The van der Waals surface area contributed by atoms with E-state index in [-0.39, 0.29) is 24.5 Å². The summed E-state index contributed by atoms with van der Waals surface area (Å²) in [4.78, 5) is 26.7. The van der Waals surface area contributed by atoms with Crippen LogP contribution in [0.2, 0.25) is 0 Å². The number of morpholine rings is 1. The average molecular weight is 303 g/mol. The molecule has 1 saturated heterocycles. The van der Waals surface area contributed by atoms with Gasteiger partial charge in [-0.05, 0) is 13.3 Å². The number of hydrogen-bond donors (Lipinski definition) is 1. The molecule has 1 heterocycles. The zero-order valence-corrected chi connectivity index (χ0v) is 13.3. The Balaban J connectivity index is 2.41. The van der Waals surface area contributed by atoms with Crippen molar-refractivity contribution in [1.29, 1.82) is 0 Å². The van der Waals surface area contributed by atoms with Gasteiger partial charge in [-0.3, -0.25) is 14.5 Å². The minimum Gasteiger partial charge on any atom is -0.373 e. The fourth-order valence-electron chi connectivity index (χ4n) is 2.19. The van der Waals surface area contributed by atoms with Crippen LogP contribution in [0.1, 0.15) is 13.3 Å². The molecular formula is C13H25N3O3S. The van der Waals surface area contributed by atoms with Crippen molar-refractivity contribution < 1.29 is 14.3 Å². The number of carbonyl (C=O) groups is 2. The highest BCUT2D eigenvalue weighted by atomic mass is 32.2. The van der Waals surface area contributed by atoms with E-state index >= 15 is 0 Å². The van der Waals surface area contributed by atoms with Crippen LogP contribution in [0, 0.1) is 0 Å². The monoisotopic (exact) mass is 303 g/mol. The maximum atomic E-state index is 12.1. The second-order valence-corrected chi connectivity index (χ2v) is 6.52. The van der Waals surface area contributed by atoms with E-state index in [1.807, 2.05) is 23.1 Å². The molecule has 1 aliphatic heterocycles. The lowest BCUT2D eigenvalue weighted by atomic mass is 10.2. The van der Waals surface area contributed by atoms with Gasteiger partial charge in [-0.25, -0.2) is 0 Å². The molecule has 0 aromatic carbocycles. The molecule has 0 aromatic heterocycles. The Kier molecular flexibility index (Phi) is 7.32. The Hall–Kier alpha value is -0.790. The van der Waals surface area contributed by atoms with Crippen LogP contribution in [0.3, 0.4) is 0 Å². The van der Waals surface area contributed by atoms with E-state index in [9.17, 15) is 9.59 Å². The topological polar surface area (TPSA) is 75.9 Å². The van der Waals surface area contributed by atoms with Crippen molar-refractivity contribution in [3.8, 4) is 0 Å². The summed E-state index contributed by atoms with van der Waals surface area (Å²) < 4.78 is 5.65. The molecule has 0 aromatic rings. The van der Waals surface area contributed by atoms with Crippen LogP contribution in [0.4, 0.5) is 0 Å². The van der Waals surface area contributed by atoms with Gasteiger partial charge in [0, 0.05) is 31.3 Å². The predicted octanol–water partition coefficient (Wildman–Crippen LogP) is -0.227. The van der Waals surface area contributed by atoms with E-state index in [1.54, 1.807) is 11.8 Å². The SMILES string of the molecule is CS[C@@H](C)CC(=O)N1CCO[C@@H](CN(C)CC(N)=O)C1. The fourth-order valence-corrected chi connectivity index (χ4v) is 2.50. The Morgan fingerprint density at radius 1 is 1.55 bits per heavy atom. The maximum Gasteiger partial charge on any atom is 0.231 e. The lowest BCUT2D eigenvalue weighted by molar-refractivity contribution is -0.139. The van der Waals surface area contributed by atoms with Crippen LogP contribution in [0.5, 0.6) is 0 Å². The smallest absolute Gasteiger partial charge is 0.231 e. The first-order valence-electron chi connectivity index (χ1n) is 6.81. The standard InChI is InChI=1S/C13H25N3O3S/c1-10(20-3)6-13(18)16-4-5-19-11(8-16)7-15(2)9-12(14)17/h10-11H,4-9H2,1-3H3,(H2,14,17)/t10-,11-/m0/s1. The summed E-state index contributed by atoms with van der Waals surface area (Å²) in [5.74, 6) is -0.178. The molecule has 0 bridgehead atoms. The van der Waals surface area contributed by atoms with Gasteiger partial charge in [0.15, 0.2) is 0 Å². The van der Waals surface area contributed by atoms with Crippen LogP contribution < -0.4 is 5.73 Å². The molecule has 1 fully saturated rings. The molecule has 7 heteroatoms. The summed E-state index contributed by atoms with van der Waals surface area (Å²) in [7, 11) is 1.82. The van der Waals surface area contributed by atoms with Gasteiger partial charge in [0.25, 0.3) is 0 Å². The highest BCUT2D eigenvalue weighted by molar-refractivity contribution is 7.99. The van der Waals surface area contributed by atoms with E-state index in [4.69, 9.17) is 10.5 Å². The molecule has 116 valence electrons. The number of amides is 2. The normalized spacial score (nSPS) is 21.0. The first-order chi connectivity index (χ1) is 9.42.